The molecule has 3 aromatic rings. The maximum Gasteiger partial charge on any atom is 0.269 e. The van der Waals surface area contributed by atoms with Gasteiger partial charge >= 0.3 is 0 Å². The highest BCUT2D eigenvalue weighted by Crippen LogP contribution is 2.54. The highest BCUT2D eigenvalue weighted by molar-refractivity contribution is 5.93. The first-order valence-electron chi connectivity index (χ1n) is 11.1. The van der Waals surface area contributed by atoms with Gasteiger partial charge in [0.05, 0.1) is 23.0 Å². The molecule has 35 heavy (non-hydrogen) atoms. The van der Waals surface area contributed by atoms with E-state index in [0.717, 1.165) is 11.8 Å². The third kappa shape index (κ3) is 3.38. The van der Waals surface area contributed by atoms with E-state index < -0.39 is 29.2 Å². The molecule has 1 unspecified atom stereocenters. The van der Waals surface area contributed by atoms with Gasteiger partial charge in [0.15, 0.2) is 11.8 Å². The number of hydrogen-bond acceptors (Lipinski definition) is 6. The van der Waals surface area contributed by atoms with E-state index in [1.807, 2.05) is 4.57 Å². The fraction of sp³-hybridized carbons (Fsp3) is 0.320. The van der Waals surface area contributed by atoms with Crippen molar-refractivity contribution < 1.29 is 28.5 Å². The van der Waals surface area contributed by atoms with Crippen LogP contribution in [-0.4, -0.2) is 31.1 Å². The molecule has 10 heteroatoms. The van der Waals surface area contributed by atoms with Crippen molar-refractivity contribution in [2.45, 2.75) is 50.4 Å². The molecule has 2 aromatic heterocycles. The lowest BCUT2D eigenvalue weighted by Gasteiger charge is -2.35. The van der Waals surface area contributed by atoms with Crippen LogP contribution in [0.5, 0.6) is 5.88 Å². The number of benzene rings is 1. The molecule has 4 aliphatic rings. The molecule has 1 saturated carbocycles. The van der Waals surface area contributed by atoms with Gasteiger partial charge in [-0.3, -0.25) is 4.79 Å². The van der Waals surface area contributed by atoms with E-state index in [1.54, 1.807) is 6.07 Å². The van der Waals surface area contributed by atoms with Gasteiger partial charge in [-0.25, -0.2) is 18.7 Å². The summed E-state index contributed by atoms with van der Waals surface area (Å²) < 4.78 is 30.8. The molecule has 1 atom stereocenters. The van der Waals surface area contributed by atoms with Crippen LogP contribution in [0.2, 0.25) is 0 Å². The van der Waals surface area contributed by atoms with Gasteiger partial charge in [-0.05, 0) is 56.4 Å². The fourth-order valence-electron chi connectivity index (χ4n) is 4.96. The number of carbonyl (C=O) groups excluding carboxylic acids is 1. The number of nitrogens with zero attached hydrogens (tertiary/aromatic N) is 3. The van der Waals surface area contributed by atoms with E-state index in [4.69, 9.17) is 15.5 Å². The number of fused-ring (bicyclic) bond motifs is 1. The molecule has 0 radical (unpaired) electrons. The summed E-state index contributed by atoms with van der Waals surface area (Å²) in [6, 6.07) is 4.21. The van der Waals surface area contributed by atoms with Gasteiger partial charge in [0, 0.05) is 11.6 Å². The Hall–Kier alpha value is -3.81. The molecule has 1 amide bonds. The topological polar surface area (TPSA) is 112 Å². The Morgan fingerprint density at radius 2 is 2.03 bits per heavy atom. The predicted molar refractivity (Wildman–Crippen MR) is 118 cm³/mol. The third-order valence-corrected chi connectivity index (χ3v) is 6.58. The molecular formula is C25H20F2N4O4. The van der Waals surface area contributed by atoms with Crippen LogP contribution in [-0.2, 0) is 4.89 Å². The van der Waals surface area contributed by atoms with Crippen molar-refractivity contribution in [3.8, 4) is 29.1 Å². The van der Waals surface area contributed by atoms with Gasteiger partial charge in [-0.2, -0.15) is 4.89 Å². The first kappa shape index (κ1) is 21.7. The molecule has 1 aromatic carbocycles. The average molecular weight is 478 g/mol. The van der Waals surface area contributed by atoms with Crippen LogP contribution >= 0.6 is 0 Å². The van der Waals surface area contributed by atoms with Gasteiger partial charge < -0.3 is 20.3 Å². The van der Waals surface area contributed by atoms with Crippen molar-refractivity contribution in [1.29, 1.82) is 0 Å². The molecule has 0 spiro atoms. The first-order chi connectivity index (χ1) is 16.6. The zero-order chi connectivity index (χ0) is 24.6. The minimum atomic E-state index is -1.30. The number of aromatic nitrogens is 3. The normalized spacial score (nSPS) is 21.5. The average Bonchev–Trinajstić information content (AvgIpc) is 3.26. The lowest BCUT2D eigenvalue weighted by molar-refractivity contribution is -0.216. The largest absolute Gasteiger partial charge is 0.378 e. The van der Waals surface area contributed by atoms with E-state index >= 15 is 0 Å². The van der Waals surface area contributed by atoms with Crippen LogP contribution in [0, 0.1) is 23.5 Å². The number of halogens is 2. The molecule has 0 saturated heterocycles. The number of aliphatic hydroxyl groups is 1. The Balaban J connectivity index is 1.58. The number of pyridine rings is 1. The molecule has 3 N–H and O–H groups in total. The molecule has 178 valence electrons. The second kappa shape index (κ2) is 7.34. The SMILES string of the molecule is CC(C)(O)C#Cc1cc2c(cc1F)C1CC(C1)n1c-2nc(C(N)=O)c1C1OOc2ncc(F)cc21. The second-order valence-corrected chi connectivity index (χ2v) is 9.56. The van der Waals surface area contributed by atoms with Crippen molar-refractivity contribution in [3.05, 3.63) is 64.1 Å². The van der Waals surface area contributed by atoms with Crippen molar-refractivity contribution in [2.75, 3.05) is 0 Å². The summed E-state index contributed by atoms with van der Waals surface area (Å²) >= 11 is 0. The van der Waals surface area contributed by atoms with Gasteiger partial charge in [0.25, 0.3) is 11.8 Å². The monoisotopic (exact) mass is 478 g/mol. The maximum atomic E-state index is 14.9. The maximum absolute atomic E-state index is 14.9. The summed E-state index contributed by atoms with van der Waals surface area (Å²) in [4.78, 5) is 31.6. The number of rotatable bonds is 2. The van der Waals surface area contributed by atoms with Crippen LogP contribution in [0.25, 0.3) is 11.4 Å². The quantitative estimate of drug-likeness (QED) is 0.432. The molecule has 5 heterocycles. The summed E-state index contributed by atoms with van der Waals surface area (Å²) in [6.45, 7) is 3.01. The molecule has 3 aliphatic heterocycles. The van der Waals surface area contributed by atoms with E-state index in [1.165, 1.54) is 26.0 Å². The van der Waals surface area contributed by atoms with E-state index in [0.29, 0.717) is 35.5 Å². The number of imidazole rings is 1. The Morgan fingerprint density at radius 3 is 2.74 bits per heavy atom. The molecule has 8 nitrogen and oxygen atoms in total. The first-order valence-corrected chi connectivity index (χ1v) is 11.1. The van der Waals surface area contributed by atoms with Gasteiger partial charge in [-0.15, -0.1) is 0 Å². The van der Waals surface area contributed by atoms with Crippen LogP contribution in [0.4, 0.5) is 8.78 Å². The van der Waals surface area contributed by atoms with Crippen LogP contribution < -0.4 is 10.6 Å². The summed E-state index contributed by atoms with van der Waals surface area (Å²) in [5, 5.41) is 9.96. The standard InChI is InChI=1S/C25H20F2N4O4/c1-25(2,33)4-3-11-7-16-15(9-18(11)27)12-5-14(6-12)31-20(19(22(28)32)30-23(16)31)21-17-8-13(26)10-29-24(17)35-34-21/h7-10,12,14,21,33H,5-6H2,1-2H3,(H2,28,32). The smallest absolute Gasteiger partial charge is 0.269 e. The minimum absolute atomic E-state index is 0.0459. The van der Waals surface area contributed by atoms with Crippen LogP contribution in [0.15, 0.2) is 24.4 Å². The summed E-state index contributed by atoms with van der Waals surface area (Å²) in [6.07, 6.45) is 1.41. The number of hydrogen-bond donors (Lipinski definition) is 2. The summed E-state index contributed by atoms with van der Waals surface area (Å²) in [7, 11) is 0. The van der Waals surface area contributed by atoms with Gasteiger partial charge in [0.2, 0.25) is 0 Å². The van der Waals surface area contributed by atoms with Gasteiger partial charge in [0.1, 0.15) is 23.1 Å². The molecule has 2 bridgehead atoms. The Kier molecular flexibility index (Phi) is 4.55. The summed E-state index contributed by atoms with van der Waals surface area (Å²) in [5.41, 5.74) is 6.47. The van der Waals surface area contributed by atoms with Crippen LogP contribution in [0.3, 0.4) is 0 Å². The van der Waals surface area contributed by atoms with E-state index in [9.17, 15) is 18.7 Å². The van der Waals surface area contributed by atoms with E-state index in [2.05, 4.69) is 21.8 Å². The van der Waals surface area contributed by atoms with Crippen molar-refractivity contribution in [1.82, 2.24) is 14.5 Å². The fourth-order valence-corrected chi connectivity index (χ4v) is 4.96. The zero-order valence-electron chi connectivity index (χ0n) is 18.8. The second-order valence-electron chi connectivity index (χ2n) is 9.56. The number of carbonyl (C=O) groups is 1. The number of nitrogens with two attached hydrogens (primary N) is 1. The van der Waals surface area contributed by atoms with Gasteiger partial charge in [-0.1, -0.05) is 11.8 Å². The highest BCUT2D eigenvalue weighted by Gasteiger charge is 2.45. The lowest BCUT2D eigenvalue weighted by Crippen LogP contribution is -2.27. The summed E-state index contributed by atoms with van der Waals surface area (Å²) in [5.74, 6) is 4.07. The molecular weight excluding hydrogens is 458 g/mol. The zero-order valence-corrected chi connectivity index (χ0v) is 18.8. The molecule has 7 rings (SSSR count). The molecule has 1 fully saturated rings. The van der Waals surface area contributed by atoms with Crippen molar-refractivity contribution in [2.24, 2.45) is 5.73 Å². The van der Waals surface area contributed by atoms with Crippen molar-refractivity contribution in [3.63, 3.8) is 0 Å². The molecule has 1 aliphatic carbocycles. The highest BCUT2D eigenvalue weighted by atomic mass is 19.1. The van der Waals surface area contributed by atoms with Crippen LogP contribution in [0.1, 0.15) is 77.6 Å². The number of primary amides is 1. The lowest BCUT2D eigenvalue weighted by atomic mass is 9.75. The minimum Gasteiger partial charge on any atom is -0.378 e. The third-order valence-electron chi connectivity index (χ3n) is 6.58. The Labute approximate surface area is 198 Å². The van der Waals surface area contributed by atoms with E-state index in [-0.39, 0.29) is 29.1 Å². The Bertz CT molecular complexity index is 1480. The van der Waals surface area contributed by atoms with Crippen molar-refractivity contribution >= 4 is 5.91 Å². The number of amides is 1. The predicted octanol–water partition coefficient (Wildman–Crippen LogP) is 3.29. The Morgan fingerprint density at radius 1 is 1.26 bits per heavy atom.